The average Bonchev–Trinajstić information content (AvgIpc) is 2.81. The molecule has 2 fully saturated rings. The van der Waals surface area contributed by atoms with Gasteiger partial charge in [-0.15, -0.1) is 0 Å². The summed E-state index contributed by atoms with van der Waals surface area (Å²) >= 11 is 0. The molecule has 0 aliphatic heterocycles. The fraction of sp³-hybridized carbons (Fsp3) is 0.643. The van der Waals surface area contributed by atoms with Crippen molar-refractivity contribution >= 4 is 10.8 Å². The summed E-state index contributed by atoms with van der Waals surface area (Å²) in [5, 5.41) is 1.07. The Bertz CT molecular complexity index is 861. The van der Waals surface area contributed by atoms with E-state index in [-0.39, 0.29) is 5.92 Å². The molecule has 3 heteroatoms. The molecule has 0 radical (unpaired) electrons. The minimum atomic E-state index is -0.729. The summed E-state index contributed by atoms with van der Waals surface area (Å²) < 4.78 is 34.9. The third-order valence-corrected chi connectivity index (χ3v) is 8.19. The summed E-state index contributed by atoms with van der Waals surface area (Å²) in [6.07, 6.45) is 15.4. The molecule has 1 nitrogen and oxygen atoms in total. The van der Waals surface area contributed by atoms with Crippen molar-refractivity contribution in [3.05, 3.63) is 41.5 Å². The lowest BCUT2D eigenvalue weighted by molar-refractivity contribution is 0.223. The van der Waals surface area contributed by atoms with Gasteiger partial charge in [0.15, 0.2) is 11.6 Å². The van der Waals surface area contributed by atoms with E-state index in [1.807, 2.05) is 18.2 Å². The highest BCUT2D eigenvalue weighted by molar-refractivity contribution is 5.85. The maximum Gasteiger partial charge on any atom is 0.167 e. The summed E-state index contributed by atoms with van der Waals surface area (Å²) in [6.45, 7) is 2.30. The Labute approximate surface area is 186 Å². The maximum absolute atomic E-state index is 14.9. The van der Waals surface area contributed by atoms with Gasteiger partial charge in [0.25, 0.3) is 0 Å². The first-order valence-corrected chi connectivity index (χ1v) is 12.5. The zero-order valence-electron chi connectivity index (χ0n) is 19.3. The molecule has 0 aromatic heterocycles. The number of benzene rings is 2. The Morgan fingerprint density at radius 2 is 1.35 bits per heavy atom. The van der Waals surface area contributed by atoms with Gasteiger partial charge >= 0.3 is 0 Å². The summed E-state index contributed by atoms with van der Waals surface area (Å²) in [6, 6.07) is 7.11. The molecule has 0 unspecified atom stereocenters. The number of methoxy groups -OCH3 is 1. The van der Waals surface area contributed by atoms with Crippen molar-refractivity contribution in [2.45, 2.75) is 89.9 Å². The van der Waals surface area contributed by atoms with Crippen LogP contribution in [-0.4, -0.2) is 7.11 Å². The first-order valence-electron chi connectivity index (χ1n) is 12.5. The highest BCUT2D eigenvalue weighted by Crippen LogP contribution is 2.42. The molecule has 2 aromatic rings. The predicted molar refractivity (Wildman–Crippen MR) is 125 cm³/mol. The summed E-state index contributed by atoms with van der Waals surface area (Å²) in [7, 11) is 1.54. The highest BCUT2D eigenvalue weighted by Gasteiger charge is 2.28. The van der Waals surface area contributed by atoms with E-state index >= 15 is 0 Å². The molecule has 0 spiro atoms. The van der Waals surface area contributed by atoms with Crippen molar-refractivity contribution in [3.8, 4) is 5.75 Å². The van der Waals surface area contributed by atoms with Crippen molar-refractivity contribution < 1.29 is 13.5 Å². The Hall–Kier alpha value is -1.64. The summed E-state index contributed by atoms with van der Waals surface area (Å²) in [4.78, 5) is 0. The van der Waals surface area contributed by atoms with Gasteiger partial charge in [0.05, 0.1) is 7.11 Å². The molecule has 0 amide bonds. The lowest BCUT2D eigenvalue weighted by Gasteiger charge is -2.32. The van der Waals surface area contributed by atoms with E-state index in [9.17, 15) is 8.78 Å². The molecule has 0 N–H and O–H groups in total. The van der Waals surface area contributed by atoms with Crippen LogP contribution < -0.4 is 4.74 Å². The van der Waals surface area contributed by atoms with Gasteiger partial charge < -0.3 is 4.74 Å². The Morgan fingerprint density at radius 3 is 1.94 bits per heavy atom. The van der Waals surface area contributed by atoms with Crippen LogP contribution in [0.15, 0.2) is 24.3 Å². The van der Waals surface area contributed by atoms with Crippen LogP contribution in [0.5, 0.6) is 5.75 Å². The zero-order chi connectivity index (χ0) is 21.8. The van der Waals surface area contributed by atoms with Crippen LogP contribution in [0.1, 0.15) is 95.5 Å². The molecule has 2 saturated carbocycles. The molecule has 2 aliphatic carbocycles. The first-order chi connectivity index (χ1) is 15.1. The molecule has 0 bridgehead atoms. The van der Waals surface area contributed by atoms with Crippen molar-refractivity contribution in [3.63, 3.8) is 0 Å². The molecular weight excluding hydrogens is 390 g/mol. The molecular formula is C28H38F2O. The van der Waals surface area contributed by atoms with Gasteiger partial charge in [-0.25, -0.2) is 8.78 Å². The van der Waals surface area contributed by atoms with Crippen LogP contribution in [0.3, 0.4) is 0 Å². The van der Waals surface area contributed by atoms with Crippen LogP contribution in [-0.2, 0) is 0 Å². The molecule has 170 valence electrons. The predicted octanol–water partition coefficient (Wildman–Crippen LogP) is 8.79. The van der Waals surface area contributed by atoms with E-state index in [0.29, 0.717) is 16.7 Å². The smallest absolute Gasteiger partial charge is 0.167 e. The fourth-order valence-electron chi connectivity index (χ4n) is 6.20. The van der Waals surface area contributed by atoms with Crippen LogP contribution in [0.2, 0.25) is 0 Å². The zero-order valence-corrected chi connectivity index (χ0v) is 19.3. The van der Waals surface area contributed by atoms with Gasteiger partial charge in [-0.3, -0.25) is 0 Å². The molecule has 4 rings (SSSR count). The number of hydrogen-bond acceptors (Lipinski definition) is 1. The van der Waals surface area contributed by atoms with Crippen molar-refractivity contribution in [1.29, 1.82) is 0 Å². The SMILES string of the molecule is CCCC1CCC(CCC2CCC(c3cc4ccc(OC)cc4c(F)c3F)CC2)CC1. The average molecular weight is 429 g/mol. The largest absolute Gasteiger partial charge is 0.497 e. The van der Waals surface area contributed by atoms with Gasteiger partial charge in [0.2, 0.25) is 0 Å². The standard InChI is InChI=1S/C28H38F2O/c1-3-4-19-5-7-20(8-6-19)9-10-21-11-13-22(14-12-21)25-17-23-15-16-24(31-2)18-26(23)28(30)27(25)29/h15-22H,3-14H2,1-2H3. The Morgan fingerprint density at radius 1 is 0.774 bits per heavy atom. The molecule has 0 atom stereocenters. The third-order valence-electron chi connectivity index (χ3n) is 8.19. The lowest BCUT2D eigenvalue weighted by Crippen LogP contribution is -2.18. The number of rotatable bonds is 7. The second-order valence-electron chi connectivity index (χ2n) is 10.2. The van der Waals surface area contributed by atoms with Gasteiger partial charge in [0.1, 0.15) is 5.75 Å². The second-order valence-corrected chi connectivity index (χ2v) is 10.2. The minimum Gasteiger partial charge on any atom is -0.497 e. The van der Waals surface area contributed by atoms with Crippen molar-refractivity contribution in [2.24, 2.45) is 17.8 Å². The first kappa shape index (κ1) is 22.6. The number of halogens is 2. The number of ether oxygens (including phenoxy) is 1. The number of hydrogen-bond donors (Lipinski definition) is 0. The Balaban J connectivity index is 1.32. The van der Waals surface area contributed by atoms with Crippen LogP contribution in [0.4, 0.5) is 8.78 Å². The fourth-order valence-corrected chi connectivity index (χ4v) is 6.20. The monoisotopic (exact) mass is 428 g/mol. The minimum absolute atomic E-state index is 0.140. The maximum atomic E-state index is 14.9. The number of fused-ring (bicyclic) bond motifs is 1. The van der Waals surface area contributed by atoms with Crippen molar-refractivity contribution in [2.75, 3.05) is 7.11 Å². The lowest BCUT2D eigenvalue weighted by atomic mass is 9.74. The molecule has 2 aromatic carbocycles. The molecule has 31 heavy (non-hydrogen) atoms. The van der Waals surface area contributed by atoms with Crippen LogP contribution >= 0.6 is 0 Å². The van der Waals surface area contributed by atoms with E-state index in [1.165, 1.54) is 51.4 Å². The van der Waals surface area contributed by atoms with E-state index < -0.39 is 11.6 Å². The molecule has 0 saturated heterocycles. The van der Waals surface area contributed by atoms with E-state index in [0.717, 1.165) is 48.8 Å². The Kier molecular flexibility index (Phi) is 7.51. The molecule has 0 heterocycles. The third kappa shape index (κ3) is 5.23. The quantitative estimate of drug-likeness (QED) is 0.428. The van der Waals surface area contributed by atoms with Crippen LogP contribution in [0, 0.1) is 29.4 Å². The highest BCUT2D eigenvalue weighted by atomic mass is 19.2. The summed E-state index contributed by atoms with van der Waals surface area (Å²) in [5.41, 5.74) is 0.572. The van der Waals surface area contributed by atoms with Gasteiger partial charge in [-0.05, 0) is 78.5 Å². The van der Waals surface area contributed by atoms with Gasteiger partial charge in [0, 0.05) is 5.39 Å². The van der Waals surface area contributed by atoms with Crippen LogP contribution in [0.25, 0.3) is 10.8 Å². The summed E-state index contributed by atoms with van der Waals surface area (Å²) in [5.74, 6) is 1.98. The molecule has 2 aliphatic rings. The van der Waals surface area contributed by atoms with E-state index in [1.54, 1.807) is 13.2 Å². The van der Waals surface area contributed by atoms with Gasteiger partial charge in [-0.2, -0.15) is 0 Å². The topological polar surface area (TPSA) is 9.23 Å². The second kappa shape index (κ2) is 10.3. The normalized spacial score (nSPS) is 26.8. The van der Waals surface area contributed by atoms with Gasteiger partial charge in [-0.1, -0.05) is 64.4 Å². The van der Waals surface area contributed by atoms with Crippen molar-refractivity contribution in [1.82, 2.24) is 0 Å². The van der Waals surface area contributed by atoms with E-state index in [4.69, 9.17) is 4.74 Å². The van der Waals surface area contributed by atoms with E-state index in [2.05, 4.69) is 6.92 Å².